The summed E-state index contributed by atoms with van der Waals surface area (Å²) < 4.78 is 29.1. The van der Waals surface area contributed by atoms with Gasteiger partial charge in [0.2, 0.25) is 15.9 Å². The molecule has 0 spiro atoms. The van der Waals surface area contributed by atoms with Gasteiger partial charge in [0.1, 0.15) is 4.90 Å². The Labute approximate surface area is 177 Å². The van der Waals surface area contributed by atoms with Crippen LogP contribution in [0.5, 0.6) is 5.88 Å². The van der Waals surface area contributed by atoms with E-state index >= 15 is 0 Å². The fourth-order valence-corrected chi connectivity index (χ4v) is 5.47. The number of nitrogens with zero attached hydrogens (tertiary/aromatic N) is 4. The van der Waals surface area contributed by atoms with Gasteiger partial charge in [-0.15, -0.1) is 0 Å². The lowest BCUT2D eigenvalue weighted by atomic mass is 10.1. The van der Waals surface area contributed by atoms with Gasteiger partial charge >= 0.3 is 5.97 Å². The maximum Gasteiger partial charge on any atom is 0.309 e. The van der Waals surface area contributed by atoms with Crippen LogP contribution in [0.3, 0.4) is 0 Å². The van der Waals surface area contributed by atoms with E-state index in [1.54, 1.807) is 22.9 Å². The van der Waals surface area contributed by atoms with Crippen LogP contribution in [0.2, 0.25) is 5.02 Å². The third-order valence-electron chi connectivity index (χ3n) is 5.28. The molecule has 1 aliphatic rings. The smallest absolute Gasteiger partial charge is 0.309 e. The average Bonchev–Trinajstić information content (AvgIpc) is 3.22. The summed E-state index contributed by atoms with van der Waals surface area (Å²) in [7, 11) is -3.80. The summed E-state index contributed by atoms with van der Waals surface area (Å²) in [6.07, 6.45) is 0.879. The number of rotatable bonds is 5. The van der Waals surface area contributed by atoms with Gasteiger partial charge in [0, 0.05) is 29.6 Å². The summed E-state index contributed by atoms with van der Waals surface area (Å²) in [4.78, 5) is 14.9. The number of fused-ring (bicyclic) bond motifs is 1. The number of hydrogen-bond acceptors (Lipinski definition) is 6. The van der Waals surface area contributed by atoms with Crippen LogP contribution in [0, 0.1) is 5.92 Å². The van der Waals surface area contributed by atoms with Gasteiger partial charge in [-0.05, 0) is 30.2 Å². The number of aliphatic carboxylic acids is 1. The molecule has 9 nitrogen and oxygen atoms in total. The van der Waals surface area contributed by atoms with Crippen molar-refractivity contribution < 1.29 is 23.4 Å². The molecule has 1 fully saturated rings. The molecule has 1 aliphatic heterocycles. The van der Waals surface area contributed by atoms with E-state index in [0.29, 0.717) is 21.6 Å². The zero-order valence-electron chi connectivity index (χ0n) is 15.9. The molecular formula is C19H19ClN4O5S. The van der Waals surface area contributed by atoms with Gasteiger partial charge in [0.25, 0.3) is 0 Å². The van der Waals surface area contributed by atoms with Gasteiger partial charge in [0.05, 0.1) is 29.9 Å². The van der Waals surface area contributed by atoms with Gasteiger partial charge in [0.15, 0.2) is 0 Å². The normalized spacial score (nSPS) is 20.1. The number of aromatic nitrogens is 3. The first-order chi connectivity index (χ1) is 14.2. The highest BCUT2D eigenvalue weighted by atomic mass is 35.5. The third-order valence-corrected chi connectivity index (χ3v) is 7.33. The Kier molecular flexibility index (Phi) is 5.16. The van der Waals surface area contributed by atoms with Crippen molar-refractivity contribution in [3.05, 3.63) is 47.2 Å². The van der Waals surface area contributed by atoms with E-state index in [2.05, 4.69) is 10.1 Å². The zero-order chi connectivity index (χ0) is 21.6. The van der Waals surface area contributed by atoms with Gasteiger partial charge < -0.3 is 10.2 Å². The van der Waals surface area contributed by atoms with Crippen LogP contribution in [-0.2, 0) is 21.2 Å². The molecule has 1 aromatic carbocycles. The molecule has 1 saturated heterocycles. The number of carboxylic acid groups (broad SMARTS) is 1. The number of pyridine rings is 1. The molecule has 0 saturated carbocycles. The molecular weight excluding hydrogens is 432 g/mol. The van der Waals surface area contributed by atoms with E-state index in [0.717, 1.165) is 6.20 Å². The van der Waals surface area contributed by atoms with Crippen LogP contribution >= 0.6 is 11.6 Å². The SMILES string of the molecule is C[C@@H]1CN(S(=O)(=O)c2ccc(O)nc2)C[C@@H]1n1nc(CC(=O)O)c2ccc(Cl)cc21. The second-order valence-electron chi connectivity index (χ2n) is 7.34. The molecule has 0 aliphatic carbocycles. The van der Waals surface area contributed by atoms with E-state index in [1.807, 2.05) is 6.92 Å². The van der Waals surface area contributed by atoms with Crippen LogP contribution in [0.25, 0.3) is 10.9 Å². The van der Waals surface area contributed by atoms with Crippen LogP contribution in [0.1, 0.15) is 18.7 Å². The Morgan fingerprint density at radius 3 is 2.70 bits per heavy atom. The van der Waals surface area contributed by atoms with Gasteiger partial charge in [-0.1, -0.05) is 18.5 Å². The molecule has 11 heteroatoms. The Morgan fingerprint density at radius 1 is 1.27 bits per heavy atom. The Balaban J connectivity index is 1.72. The molecule has 158 valence electrons. The van der Waals surface area contributed by atoms with Crippen molar-refractivity contribution in [3.63, 3.8) is 0 Å². The van der Waals surface area contributed by atoms with Crippen LogP contribution in [-0.4, -0.2) is 56.8 Å². The maximum atomic E-state index is 13.0. The Morgan fingerprint density at radius 2 is 2.03 bits per heavy atom. The minimum atomic E-state index is -3.80. The second kappa shape index (κ2) is 7.53. The molecule has 4 rings (SSSR count). The largest absolute Gasteiger partial charge is 0.493 e. The fourth-order valence-electron chi connectivity index (χ4n) is 3.80. The first-order valence-corrected chi connectivity index (χ1v) is 11.0. The lowest BCUT2D eigenvalue weighted by molar-refractivity contribution is -0.136. The van der Waals surface area contributed by atoms with Gasteiger partial charge in [-0.3, -0.25) is 9.48 Å². The molecule has 2 aromatic heterocycles. The summed E-state index contributed by atoms with van der Waals surface area (Å²) >= 11 is 6.15. The minimum absolute atomic E-state index is 0.00640. The summed E-state index contributed by atoms with van der Waals surface area (Å²) in [5.41, 5.74) is 1.08. The van der Waals surface area contributed by atoms with Gasteiger partial charge in [-0.25, -0.2) is 13.4 Å². The first kappa shape index (κ1) is 20.6. The topological polar surface area (TPSA) is 126 Å². The molecule has 2 N–H and O–H groups in total. The molecule has 0 radical (unpaired) electrons. The van der Waals surface area contributed by atoms with Gasteiger partial charge in [-0.2, -0.15) is 9.40 Å². The summed E-state index contributed by atoms with van der Waals surface area (Å²) in [5.74, 6) is -1.34. The predicted octanol–water partition coefficient (Wildman–Crippen LogP) is 2.30. The summed E-state index contributed by atoms with van der Waals surface area (Å²) in [6, 6.07) is 7.36. The number of benzene rings is 1. The van der Waals surface area contributed by atoms with E-state index in [1.165, 1.54) is 16.4 Å². The van der Waals surface area contributed by atoms with Crippen molar-refractivity contribution in [2.24, 2.45) is 5.92 Å². The molecule has 3 heterocycles. The van der Waals surface area contributed by atoms with E-state index in [9.17, 15) is 23.4 Å². The molecule has 2 atom stereocenters. The highest BCUT2D eigenvalue weighted by molar-refractivity contribution is 7.89. The average molecular weight is 451 g/mol. The summed E-state index contributed by atoms with van der Waals surface area (Å²) in [5, 5.41) is 24.2. The van der Waals surface area contributed by atoms with E-state index < -0.39 is 16.0 Å². The van der Waals surface area contributed by atoms with Crippen molar-refractivity contribution in [3.8, 4) is 5.88 Å². The van der Waals surface area contributed by atoms with Crippen molar-refractivity contribution in [1.82, 2.24) is 19.1 Å². The van der Waals surface area contributed by atoms with Crippen molar-refractivity contribution >= 4 is 38.5 Å². The molecule has 3 aromatic rings. The molecule has 0 unspecified atom stereocenters. The number of carbonyl (C=O) groups is 1. The number of aromatic hydroxyl groups is 1. The van der Waals surface area contributed by atoms with Crippen LogP contribution in [0.4, 0.5) is 0 Å². The maximum absolute atomic E-state index is 13.0. The number of hydrogen-bond donors (Lipinski definition) is 2. The van der Waals surface area contributed by atoms with Crippen molar-refractivity contribution in [1.29, 1.82) is 0 Å². The number of sulfonamides is 1. The third kappa shape index (κ3) is 3.62. The first-order valence-electron chi connectivity index (χ1n) is 9.20. The zero-order valence-corrected chi connectivity index (χ0v) is 17.5. The Hall–Kier alpha value is -2.69. The molecule has 0 amide bonds. The minimum Gasteiger partial charge on any atom is -0.493 e. The number of carboxylic acids is 1. The Bertz CT molecular complexity index is 1230. The highest BCUT2D eigenvalue weighted by Crippen LogP contribution is 2.35. The molecule has 30 heavy (non-hydrogen) atoms. The van der Waals surface area contributed by atoms with Crippen molar-refractivity contribution in [2.75, 3.05) is 13.1 Å². The van der Waals surface area contributed by atoms with Crippen molar-refractivity contribution in [2.45, 2.75) is 24.3 Å². The van der Waals surface area contributed by atoms with Crippen LogP contribution in [0.15, 0.2) is 41.4 Å². The number of halogens is 1. The predicted molar refractivity (Wildman–Crippen MR) is 109 cm³/mol. The molecule has 0 bridgehead atoms. The monoisotopic (exact) mass is 450 g/mol. The standard InChI is InChI=1S/C19H19ClN4O5S/c1-11-9-23(30(28,29)13-3-5-18(25)21-8-13)10-17(11)24-16-6-12(20)2-4-14(16)15(22-24)7-19(26)27/h2-6,8,11,17H,7,9-10H2,1H3,(H,21,25)(H,26,27)/t11-,17+/m1/s1. The lowest BCUT2D eigenvalue weighted by Gasteiger charge is -2.17. The highest BCUT2D eigenvalue weighted by Gasteiger charge is 2.39. The lowest BCUT2D eigenvalue weighted by Crippen LogP contribution is -2.29. The van der Waals surface area contributed by atoms with E-state index in [-0.39, 0.29) is 42.2 Å². The quantitative estimate of drug-likeness (QED) is 0.610. The summed E-state index contributed by atoms with van der Waals surface area (Å²) in [6.45, 7) is 2.36. The van der Waals surface area contributed by atoms with E-state index in [4.69, 9.17) is 11.6 Å². The van der Waals surface area contributed by atoms with Crippen LogP contribution < -0.4 is 0 Å². The fraction of sp³-hybridized carbons (Fsp3) is 0.316. The second-order valence-corrected chi connectivity index (χ2v) is 9.72.